The van der Waals surface area contributed by atoms with Gasteiger partial charge in [0, 0.05) is 19.0 Å². The molecule has 0 saturated heterocycles. The SMILES string of the molecule is CCCN(CCC)C(=O)C1CC(C)CCC1C(C)C. The summed E-state index contributed by atoms with van der Waals surface area (Å²) < 4.78 is 0. The third-order valence-corrected chi connectivity index (χ3v) is 4.64. The first kappa shape index (κ1) is 16.5. The number of carbonyl (C=O) groups excluding carboxylic acids is 1. The van der Waals surface area contributed by atoms with Crippen molar-refractivity contribution in [3.05, 3.63) is 0 Å². The smallest absolute Gasteiger partial charge is 0.225 e. The molecule has 0 heterocycles. The summed E-state index contributed by atoms with van der Waals surface area (Å²) >= 11 is 0. The maximum Gasteiger partial charge on any atom is 0.225 e. The second-order valence-corrected chi connectivity index (χ2v) is 6.76. The third kappa shape index (κ3) is 4.50. The molecule has 1 aliphatic carbocycles. The van der Waals surface area contributed by atoms with E-state index >= 15 is 0 Å². The molecule has 0 aromatic rings. The minimum absolute atomic E-state index is 0.279. The Hall–Kier alpha value is -0.530. The highest BCUT2D eigenvalue weighted by molar-refractivity contribution is 5.79. The van der Waals surface area contributed by atoms with Crippen molar-refractivity contribution in [2.24, 2.45) is 23.7 Å². The molecule has 2 heteroatoms. The van der Waals surface area contributed by atoms with Gasteiger partial charge in [0.1, 0.15) is 0 Å². The van der Waals surface area contributed by atoms with Gasteiger partial charge in [0.15, 0.2) is 0 Å². The number of hydrogen-bond acceptors (Lipinski definition) is 1. The summed E-state index contributed by atoms with van der Waals surface area (Å²) in [6.45, 7) is 13.1. The van der Waals surface area contributed by atoms with Gasteiger partial charge in [-0.25, -0.2) is 0 Å². The van der Waals surface area contributed by atoms with E-state index in [0.29, 0.717) is 23.7 Å². The standard InChI is InChI=1S/C17H33NO/c1-6-10-18(11-7-2)17(19)16-12-14(5)8-9-15(16)13(3)4/h13-16H,6-12H2,1-5H3. The molecule has 0 aromatic carbocycles. The normalized spacial score (nSPS) is 27.6. The molecule has 1 fully saturated rings. The summed E-state index contributed by atoms with van der Waals surface area (Å²) in [6.07, 6.45) is 5.78. The molecule has 1 saturated carbocycles. The molecule has 1 amide bonds. The Morgan fingerprint density at radius 2 is 1.74 bits per heavy atom. The van der Waals surface area contributed by atoms with Gasteiger partial charge >= 0.3 is 0 Å². The van der Waals surface area contributed by atoms with E-state index in [9.17, 15) is 4.79 Å². The highest BCUT2D eigenvalue weighted by atomic mass is 16.2. The predicted octanol–water partition coefficient (Wildman–Crippen LogP) is 4.34. The van der Waals surface area contributed by atoms with Gasteiger partial charge in [0.05, 0.1) is 0 Å². The highest BCUT2D eigenvalue weighted by Gasteiger charge is 2.37. The van der Waals surface area contributed by atoms with Gasteiger partial charge in [-0.05, 0) is 43.4 Å². The fourth-order valence-corrected chi connectivity index (χ4v) is 3.59. The summed E-state index contributed by atoms with van der Waals surface area (Å²) in [6, 6.07) is 0. The van der Waals surface area contributed by atoms with Crippen molar-refractivity contribution < 1.29 is 4.79 Å². The lowest BCUT2D eigenvalue weighted by atomic mass is 9.69. The maximum atomic E-state index is 12.9. The van der Waals surface area contributed by atoms with Crippen LogP contribution in [0.25, 0.3) is 0 Å². The van der Waals surface area contributed by atoms with Crippen LogP contribution in [0.4, 0.5) is 0 Å². The van der Waals surface area contributed by atoms with E-state index in [1.807, 2.05) is 0 Å². The van der Waals surface area contributed by atoms with Gasteiger partial charge in [-0.3, -0.25) is 4.79 Å². The van der Waals surface area contributed by atoms with E-state index in [0.717, 1.165) is 32.4 Å². The number of rotatable bonds is 6. The van der Waals surface area contributed by atoms with Gasteiger partial charge in [0.2, 0.25) is 5.91 Å². The Balaban J connectivity index is 2.78. The van der Waals surface area contributed by atoms with Crippen molar-refractivity contribution in [2.45, 2.75) is 66.7 Å². The number of carbonyl (C=O) groups is 1. The zero-order valence-corrected chi connectivity index (χ0v) is 13.6. The maximum absolute atomic E-state index is 12.9. The second kappa shape index (κ2) is 7.91. The number of hydrogen-bond donors (Lipinski definition) is 0. The van der Waals surface area contributed by atoms with Gasteiger partial charge in [0.25, 0.3) is 0 Å². The summed E-state index contributed by atoms with van der Waals surface area (Å²) in [5.74, 6) is 2.66. The first-order chi connectivity index (χ1) is 9.01. The molecule has 0 bridgehead atoms. The second-order valence-electron chi connectivity index (χ2n) is 6.76. The summed E-state index contributed by atoms with van der Waals surface area (Å²) in [5, 5.41) is 0. The fraction of sp³-hybridized carbons (Fsp3) is 0.941. The molecule has 1 aliphatic rings. The Labute approximate surface area is 119 Å². The average Bonchev–Trinajstić information content (AvgIpc) is 2.37. The Bertz CT molecular complexity index is 268. The first-order valence-electron chi connectivity index (χ1n) is 8.29. The molecule has 0 spiro atoms. The lowest BCUT2D eigenvalue weighted by Crippen LogP contribution is -2.43. The number of amides is 1. The molecule has 3 unspecified atom stereocenters. The van der Waals surface area contributed by atoms with Crippen LogP contribution in [0.5, 0.6) is 0 Å². The fourth-order valence-electron chi connectivity index (χ4n) is 3.59. The Morgan fingerprint density at radius 1 is 1.16 bits per heavy atom. The largest absolute Gasteiger partial charge is 0.342 e. The lowest BCUT2D eigenvalue weighted by Gasteiger charge is -2.39. The Kier molecular flexibility index (Phi) is 6.88. The van der Waals surface area contributed by atoms with Crippen LogP contribution >= 0.6 is 0 Å². The monoisotopic (exact) mass is 267 g/mol. The zero-order chi connectivity index (χ0) is 14.4. The van der Waals surface area contributed by atoms with Gasteiger partial charge in [-0.1, -0.05) is 41.0 Å². The van der Waals surface area contributed by atoms with Crippen molar-refractivity contribution in [3.63, 3.8) is 0 Å². The van der Waals surface area contributed by atoms with Crippen LogP contribution in [0, 0.1) is 23.7 Å². The van der Waals surface area contributed by atoms with Crippen LogP contribution in [0.3, 0.4) is 0 Å². The molecular weight excluding hydrogens is 234 g/mol. The first-order valence-corrected chi connectivity index (χ1v) is 8.29. The minimum Gasteiger partial charge on any atom is -0.342 e. The van der Waals surface area contributed by atoms with Crippen molar-refractivity contribution in [1.29, 1.82) is 0 Å². The zero-order valence-electron chi connectivity index (χ0n) is 13.6. The average molecular weight is 267 g/mol. The molecule has 0 aliphatic heterocycles. The highest BCUT2D eigenvalue weighted by Crippen LogP contribution is 2.39. The molecule has 0 aromatic heterocycles. The van der Waals surface area contributed by atoms with Crippen LogP contribution in [0.2, 0.25) is 0 Å². The van der Waals surface area contributed by atoms with E-state index in [4.69, 9.17) is 0 Å². The van der Waals surface area contributed by atoms with Gasteiger partial charge in [-0.15, -0.1) is 0 Å². The van der Waals surface area contributed by atoms with E-state index in [2.05, 4.69) is 39.5 Å². The minimum atomic E-state index is 0.279. The van der Waals surface area contributed by atoms with Crippen LogP contribution < -0.4 is 0 Å². The topological polar surface area (TPSA) is 20.3 Å². The Morgan fingerprint density at radius 3 is 2.21 bits per heavy atom. The summed E-state index contributed by atoms with van der Waals surface area (Å²) in [4.78, 5) is 15.0. The summed E-state index contributed by atoms with van der Waals surface area (Å²) in [5.41, 5.74) is 0. The van der Waals surface area contributed by atoms with Crippen molar-refractivity contribution >= 4 is 5.91 Å². The van der Waals surface area contributed by atoms with Crippen molar-refractivity contribution in [2.75, 3.05) is 13.1 Å². The van der Waals surface area contributed by atoms with Crippen LogP contribution in [-0.4, -0.2) is 23.9 Å². The molecule has 0 N–H and O–H groups in total. The number of nitrogens with zero attached hydrogens (tertiary/aromatic N) is 1. The van der Waals surface area contributed by atoms with Crippen molar-refractivity contribution in [1.82, 2.24) is 4.90 Å². The molecule has 1 rings (SSSR count). The molecule has 3 atom stereocenters. The van der Waals surface area contributed by atoms with E-state index in [1.54, 1.807) is 0 Å². The van der Waals surface area contributed by atoms with Crippen molar-refractivity contribution in [3.8, 4) is 0 Å². The van der Waals surface area contributed by atoms with Crippen LogP contribution in [-0.2, 0) is 4.79 Å². The predicted molar refractivity (Wildman–Crippen MR) is 82.0 cm³/mol. The van der Waals surface area contributed by atoms with E-state index in [1.165, 1.54) is 12.8 Å². The molecule has 19 heavy (non-hydrogen) atoms. The molecule has 112 valence electrons. The molecule has 2 nitrogen and oxygen atoms in total. The van der Waals surface area contributed by atoms with Gasteiger partial charge < -0.3 is 4.90 Å². The van der Waals surface area contributed by atoms with Gasteiger partial charge in [-0.2, -0.15) is 0 Å². The molecule has 0 radical (unpaired) electrons. The third-order valence-electron chi connectivity index (χ3n) is 4.64. The van der Waals surface area contributed by atoms with Crippen LogP contribution in [0.15, 0.2) is 0 Å². The van der Waals surface area contributed by atoms with Crippen LogP contribution in [0.1, 0.15) is 66.7 Å². The molecular formula is C17H33NO. The quantitative estimate of drug-likeness (QED) is 0.701. The van der Waals surface area contributed by atoms with E-state index < -0.39 is 0 Å². The lowest BCUT2D eigenvalue weighted by molar-refractivity contribution is -0.140. The van der Waals surface area contributed by atoms with E-state index in [-0.39, 0.29) is 5.92 Å². The summed E-state index contributed by atoms with van der Waals surface area (Å²) in [7, 11) is 0.